The molecule has 1 rings (SSSR count). The van der Waals surface area contributed by atoms with Crippen LogP contribution in [0.15, 0.2) is 36.2 Å². The zero-order valence-corrected chi connectivity index (χ0v) is 7.88. The van der Waals surface area contributed by atoms with Gasteiger partial charge in [-0.05, 0) is 36.6 Å². The number of benzene rings is 1. The highest BCUT2D eigenvalue weighted by molar-refractivity contribution is 5.30. The summed E-state index contributed by atoms with van der Waals surface area (Å²) in [6.07, 6.45) is 1.27. The third-order valence-electron chi connectivity index (χ3n) is 1.80. The van der Waals surface area contributed by atoms with Crippen molar-refractivity contribution in [2.24, 2.45) is 0 Å². The molecule has 0 aliphatic rings. The van der Waals surface area contributed by atoms with Crippen molar-refractivity contribution in [1.29, 1.82) is 0 Å². The van der Waals surface area contributed by atoms with Crippen LogP contribution in [0, 0.1) is 0 Å². The normalized spacial score (nSPS) is 11.5. The lowest BCUT2D eigenvalue weighted by molar-refractivity contribution is 0.414. The molecule has 0 aliphatic carbocycles. The first-order chi connectivity index (χ1) is 6.26. The number of ether oxygens (including phenoxy) is 1. The molecule has 70 valence electrons. The molecule has 13 heavy (non-hydrogen) atoms. The van der Waals surface area contributed by atoms with E-state index in [1.807, 2.05) is 24.3 Å². The van der Waals surface area contributed by atoms with E-state index in [0.29, 0.717) is 18.3 Å². The van der Waals surface area contributed by atoms with Crippen molar-refractivity contribution in [3.05, 3.63) is 41.7 Å². The lowest BCUT2D eigenvalue weighted by Crippen LogP contribution is -1.88. The summed E-state index contributed by atoms with van der Waals surface area (Å²) >= 11 is 0. The van der Waals surface area contributed by atoms with Gasteiger partial charge in [-0.15, -0.1) is 0 Å². The molecule has 1 nitrogen and oxygen atoms in total. The Hall–Kier alpha value is -1.31. The van der Waals surface area contributed by atoms with Gasteiger partial charge in [-0.25, -0.2) is 4.39 Å². The second kappa shape index (κ2) is 4.65. The van der Waals surface area contributed by atoms with Gasteiger partial charge in [0.05, 0.1) is 13.4 Å². The van der Waals surface area contributed by atoms with E-state index in [4.69, 9.17) is 4.74 Å². The van der Waals surface area contributed by atoms with Crippen LogP contribution in [0.4, 0.5) is 4.39 Å². The molecule has 1 aromatic rings. The fourth-order valence-corrected chi connectivity index (χ4v) is 1.14. The molecule has 0 radical (unpaired) electrons. The number of hydrogen-bond donors (Lipinski definition) is 0. The van der Waals surface area contributed by atoms with Crippen molar-refractivity contribution < 1.29 is 9.13 Å². The molecule has 0 heterocycles. The first kappa shape index (κ1) is 9.78. The summed E-state index contributed by atoms with van der Waals surface area (Å²) in [4.78, 5) is 0. The number of hydrogen-bond acceptors (Lipinski definition) is 1. The predicted molar refractivity (Wildman–Crippen MR) is 51.6 cm³/mol. The van der Waals surface area contributed by atoms with Crippen molar-refractivity contribution in [3.63, 3.8) is 0 Å². The van der Waals surface area contributed by atoms with Crippen LogP contribution < -0.4 is 4.74 Å². The SMILES string of the molecule is COc1cccc(C/C(C)=C/F)c1. The van der Waals surface area contributed by atoms with E-state index in [-0.39, 0.29) is 0 Å². The summed E-state index contributed by atoms with van der Waals surface area (Å²) in [6, 6.07) is 7.64. The Morgan fingerprint density at radius 1 is 1.54 bits per heavy atom. The maximum Gasteiger partial charge on any atom is 0.119 e. The molecule has 0 fully saturated rings. The highest BCUT2D eigenvalue weighted by Crippen LogP contribution is 2.15. The Labute approximate surface area is 77.8 Å². The summed E-state index contributed by atoms with van der Waals surface area (Å²) in [5, 5.41) is 0. The van der Waals surface area contributed by atoms with E-state index >= 15 is 0 Å². The zero-order chi connectivity index (χ0) is 9.68. The van der Waals surface area contributed by atoms with Gasteiger partial charge in [-0.1, -0.05) is 12.1 Å². The van der Waals surface area contributed by atoms with Crippen molar-refractivity contribution >= 4 is 0 Å². The monoisotopic (exact) mass is 180 g/mol. The molecular weight excluding hydrogens is 167 g/mol. The Morgan fingerprint density at radius 3 is 2.92 bits per heavy atom. The zero-order valence-electron chi connectivity index (χ0n) is 7.88. The molecule has 0 aromatic heterocycles. The van der Waals surface area contributed by atoms with E-state index in [2.05, 4.69) is 0 Å². The molecular formula is C11H13FO. The van der Waals surface area contributed by atoms with Crippen LogP contribution in [0.1, 0.15) is 12.5 Å². The Balaban J connectivity index is 2.77. The lowest BCUT2D eigenvalue weighted by Gasteiger charge is -2.03. The first-order valence-corrected chi connectivity index (χ1v) is 4.15. The van der Waals surface area contributed by atoms with E-state index in [0.717, 1.165) is 11.3 Å². The third kappa shape index (κ3) is 2.90. The quantitative estimate of drug-likeness (QED) is 0.694. The molecule has 0 N–H and O–H groups in total. The highest BCUT2D eigenvalue weighted by Gasteiger charge is 1.96. The van der Waals surface area contributed by atoms with Crippen molar-refractivity contribution in [3.8, 4) is 5.75 Å². The van der Waals surface area contributed by atoms with Gasteiger partial charge in [0.1, 0.15) is 5.75 Å². The van der Waals surface area contributed by atoms with Crippen LogP contribution in [-0.2, 0) is 6.42 Å². The summed E-state index contributed by atoms with van der Waals surface area (Å²) in [5.74, 6) is 0.809. The Kier molecular flexibility index (Phi) is 3.50. The van der Waals surface area contributed by atoms with Crippen LogP contribution in [0.5, 0.6) is 5.75 Å². The molecule has 2 heteroatoms. The molecule has 0 saturated carbocycles. The maximum atomic E-state index is 12.1. The fraction of sp³-hybridized carbons (Fsp3) is 0.273. The van der Waals surface area contributed by atoms with Gasteiger partial charge in [0, 0.05) is 0 Å². The van der Waals surface area contributed by atoms with E-state index in [1.54, 1.807) is 14.0 Å². The van der Waals surface area contributed by atoms with Gasteiger partial charge in [-0.2, -0.15) is 0 Å². The van der Waals surface area contributed by atoms with Crippen LogP contribution in [0.3, 0.4) is 0 Å². The fourth-order valence-electron chi connectivity index (χ4n) is 1.14. The minimum atomic E-state index is 0.633. The van der Waals surface area contributed by atoms with E-state index in [9.17, 15) is 4.39 Å². The van der Waals surface area contributed by atoms with Crippen molar-refractivity contribution in [1.82, 2.24) is 0 Å². The largest absolute Gasteiger partial charge is 0.497 e. The molecule has 0 spiro atoms. The topological polar surface area (TPSA) is 9.23 Å². The summed E-state index contributed by atoms with van der Waals surface area (Å²) in [6.45, 7) is 1.76. The summed E-state index contributed by atoms with van der Waals surface area (Å²) < 4.78 is 17.1. The van der Waals surface area contributed by atoms with Crippen molar-refractivity contribution in [2.45, 2.75) is 13.3 Å². The summed E-state index contributed by atoms with van der Waals surface area (Å²) in [5.41, 5.74) is 1.78. The minimum Gasteiger partial charge on any atom is -0.497 e. The molecule has 0 amide bonds. The molecule has 0 unspecified atom stereocenters. The predicted octanol–water partition coefficient (Wildman–Crippen LogP) is 3.11. The van der Waals surface area contributed by atoms with Gasteiger partial charge in [0.25, 0.3) is 0 Å². The molecule has 1 aromatic carbocycles. The minimum absolute atomic E-state index is 0.633. The Bertz CT molecular complexity index is 305. The van der Waals surface area contributed by atoms with Gasteiger partial charge in [-0.3, -0.25) is 0 Å². The van der Waals surface area contributed by atoms with Crippen LogP contribution >= 0.6 is 0 Å². The standard InChI is InChI=1S/C11H13FO/c1-9(8-12)6-10-4-3-5-11(7-10)13-2/h3-5,7-8H,6H2,1-2H3/b9-8+. The second-order valence-corrected chi connectivity index (χ2v) is 2.98. The van der Waals surface area contributed by atoms with Crippen molar-refractivity contribution in [2.75, 3.05) is 7.11 Å². The molecule has 0 saturated heterocycles. The van der Waals surface area contributed by atoms with E-state index in [1.165, 1.54) is 0 Å². The second-order valence-electron chi connectivity index (χ2n) is 2.98. The van der Waals surface area contributed by atoms with Gasteiger partial charge in [0.15, 0.2) is 0 Å². The van der Waals surface area contributed by atoms with Gasteiger partial charge >= 0.3 is 0 Å². The molecule has 0 bridgehead atoms. The summed E-state index contributed by atoms with van der Waals surface area (Å²) in [7, 11) is 1.62. The van der Waals surface area contributed by atoms with E-state index < -0.39 is 0 Å². The average molecular weight is 180 g/mol. The number of allylic oxidation sites excluding steroid dienone is 1. The lowest BCUT2D eigenvalue weighted by atomic mass is 10.1. The average Bonchev–Trinajstić information content (AvgIpc) is 2.18. The van der Waals surface area contributed by atoms with Crippen LogP contribution in [0.2, 0.25) is 0 Å². The number of methoxy groups -OCH3 is 1. The van der Waals surface area contributed by atoms with Gasteiger partial charge in [0.2, 0.25) is 0 Å². The molecule has 0 aliphatic heterocycles. The maximum absolute atomic E-state index is 12.1. The molecule has 0 atom stereocenters. The Morgan fingerprint density at radius 2 is 2.31 bits per heavy atom. The van der Waals surface area contributed by atoms with Crippen LogP contribution in [0.25, 0.3) is 0 Å². The first-order valence-electron chi connectivity index (χ1n) is 4.15. The smallest absolute Gasteiger partial charge is 0.119 e. The number of rotatable bonds is 3. The van der Waals surface area contributed by atoms with Crippen LogP contribution in [-0.4, -0.2) is 7.11 Å². The number of halogens is 1. The highest BCUT2D eigenvalue weighted by atomic mass is 19.1. The van der Waals surface area contributed by atoms with Gasteiger partial charge < -0.3 is 4.74 Å². The third-order valence-corrected chi connectivity index (χ3v) is 1.80.